The lowest BCUT2D eigenvalue weighted by Crippen LogP contribution is -2.33. The molecule has 1 heterocycles. The van der Waals surface area contributed by atoms with E-state index in [1.165, 1.54) is 0 Å². The number of carbonyl (C=O) groups excluding carboxylic acids is 1. The monoisotopic (exact) mass is 344 g/mol. The molecule has 2 aromatic rings. The smallest absolute Gasteiger partial charge is 0.335 e. The van der Waals surface area contributed by atoms with Gasteiger partial charge < -0.3 is 5.11 Å². The maximum absolute atomic E-state index is 12.4. The second-order valence-electron chi connectivity index (χ2n) is 6.30. The SMILES string of the molecule is CCCCCCC(=O)c1c(O)n(-c2ccc(C)c(C)c2)c(=O)[nH]c1=O. The van der Waals surface area contributed by atoms with Crippen LogP contribution in [0.2, 0.25) is 0 Å². The van der Waals surface area contributed by atoms with Gasteiger partial charge in [0.15, 0.2) is 5.78 Å². The summed E-state index contributed by atoms with van der Waals surface area (Å²) in [6.45, 7) is 5.88. The molecular weight excluding hydrogens is 320 g/mol. The van der Waals surface area contributed by atoms with Crippen molar-refractivity contribution in [2.45, 2.75) is 52.9 Å². The van der Waals surface area contributed by atoms with Crippen molar-refractivity contribution in [1.29, 1.82) is 0 Å². The predicted octanol–water partition coefficient (Wildman–Crippen LogP) is 3.00. The Hall–Kier alpha value is -2.63. The molecule has 0 saturated heterocycles. The molecule has 2 rings (SSSR count). The molecule has 0 aliphatic rings. The molecule has 6 nitrogen and oxygen atoms in total. The van der Waals surface area contributed by atoms with Gasteiger partial charge in [0.2, 0.25) is 5.88 Å². The van der Waals surface area contributed by atoms with Crippen molar-refractivity contribution < 1.29 is 9.90 Å². The summed E-state index contributed by atoms with van der Waals surface area (Å²) in [5.41, 5.74) is 0.406. The molecule has 2 N–H and O–H groups in total. The van der Waals surface area contributed by atoms with E-state index in [9.17, 15) is 19.5 Å². The number of ketones is 1. The van der Waals surface area contributed by atoms with Crippen LogP contribution in [0.5, 0.6) is 5.88 Å². The summed E-state index contributed by atoms with van der Waals surface area (Å²) >= 11 is 0. The summed E-state index contributed by atoms with van der Waals surface area (Å²) in [4.78, 5) is 38.7. The lowest BCUT2D eigenvalue weighted by atomic mass is 10.1. The fourth-order valence-corrected chi connectivity index (χ4v) is 2.72. The van der Waals surface area contributed by atoms with E-state index in [4.69, 9.17) is 0 Å². The molecular formula is C19H24N2O4. The van der Waals surface area contributed by atoms with Crippen molar-refractivity contribution in [2.24, 2.45) is 0 Å². The zero-order valence-electron chi connectivity index (χ0n) is 14.9. The van der Waals surface area contributed by atoms with E-state index < -0.39 is 22.9 Å². The van der Waals surface area contributed by atoms with E-state index in [0.29, 0.717) is 12.1 Å². The third-order valence-corrected chi connectivity index (χ3v) is 4.37. The molecule has 0 atom stereocenters. The largest absolute Gasteiger partial charge is 0.493 e. The van der Waals surface area contributed by atoms with Crippen LogP contribution < -0.4 is 11.2 Å². The minimum absolute atomic E-state index is 0.168. The number of Topliss-reactive ketones (excluding diaryl/α,β-unsaturated/α-hetero) is 1. The molecule has 1 aromatic carbocycles. The summed E-state index contributed by atoms with van der Waals surface area (Å²) in [6, 6.07) is 5.20. The van der Waals surface area contributed by atoms with Crippen molar-refractivity contribution in [3.63, 3.8) is 0 Å². The van der Waals surface area contributed by atoms with Gasteiger partial charge in [0.05, 0.1) is 5.69 Å². The maximum Gasteiger partial charge on any atom is 0.335 e. The van der Waals surface area contributed by atoms with Crippen LogP contribution in [0.3, 0.4) is 0 Å². The van der Waals surface area contributed by atoms with E-state index in [1.54, 1.807) is 12.1 Å². The van der Waals surface area contributed by atoms with Crippen molar-refractivity contribution in [3.05, 3.63) is 55.7 Å². The summed E-state index contributed by atoms with van der Waals surface area (Å²) < 4.78 is 0.965. The predicted molar refractivity (Wildman–Crippen MR) is 96.9 cm³/mol. The van der Waals surface area contributed by atoms with Crippen LogP contribution in [0.25, 0.3) is 5.69 Å². The molecule has 0 spiro atoms. The highest BCUT2D eigenvalue weighted by Crippen LogP contribution is 2.20. The number of unbranched alkanes of at least 4 members (excludes halogenated alkanes) is 3. The van der Waals surface area contributed by atoms with Gasteiger partial charge in [0, 0.05) is 6.42 Å². The minimum Gasteiger partial charge on any atom is -0.493 e. The quantitative estimate of drug-likeness (QED) is 0.596. The van der Waals surface area contributed by atoms with Gasteiger partial charge in [-0.3, -0.25) is 14.6 Å². The normalized spacial score (nSPS) is 10.8. The van der Waals surface area contributed by atoms with E-state index >= 15 is 0 Å². The summed E-state index contributed by atoms with van der Waals surface area (Å²) in [5, 5.41) is 10.5. The molecule has 0 saturated carbocycles. The second-order valence-corrected chi connectivity index (χ2v) is 6.30. The number of aromatic amines is 1. The van der Waals surface area contributed by atoms with Crippen LogP contribution in [-0.2, 0) is 0 Å². The first kappa shape index (κ1) is 18.7. The number of nitrogens with zero attached hydrogens (tertiary/aromatic N) is 1. The Morgan fingerprint density at radius 3 is 2.48 bits per heavy atom. The third kappa shape index (κ3) is 4.07. The second kappa shape index (κ2) is 7.96. The molecule has 0 bridgehead atoms. The number of benzene rings is 1. The van der Waals surface area contributed by atoms with Crippen LogP contribution in [0.15, 0.2) is 27.8 Å². The highest BCUT2D eigenvalue weighted by atomic mass is 16.3. The molecule has 0 radical (unpaired) electrons. The van der Waals surface area contributed by atoms with E-state index in [1.807, 2.05) is 19.9 Å². The molecule has 0 aliphatic carbocycles. The Kier molecular flexibility index (Phi) is 5.96. The standard InChI is InChI=1S/C19H24N2O4/c1-4-5-6-7-8-15(22)16-17(23)20-19(25)21(18(16)24)14-10-9-12(2)13(3)11-14/h9-11,24H,4-8H2,1-3H3,(H,20,23,25). The van der Waals surface area contributed by atoms with Gasteiger partial charge in [-0.15, -0.1) is 0 Å². The average Bonchev–Trinajstić information content (AvgIpc) is 2.54. The van der Waals surface area contributed by atoms with Crippen LogP contribution >= 0.6 is 0 Å². The minimum atomic E-state index is -0.844. The van der Waals surface area contributed by atoms with Gasteiger partial charge in [0.1, 0.15) is 5.56 Å². The fourth-order valence-electron chi connectivity index (χ4n) is 2.72. The van der Waals surface area contributed by atoms with Crippen molar-refractivity contribution >= 4 is 5.78 Å². The van der Waals surface area contributed by atoms with Gasteiger partial charge in [-0.25, -0.2) is 9.36 Å². The number of aromatic hydroxyl groups is 1. The molecule has 134 valence electrons. The molecule has 0 amide bonds. The lowest BCUT2D eigenvalue weighted by Gasteiger charge is -2.12. The van der Waals surface area contributed by atoms with Crippen molar-refractivity contribution in [3.8, 4) is 11.6 Å². The third-order valence-electron chi connectivity index (χ3n) is 4.37. The first-order valence-corrected chi connectivity index (χ1v) is 8.56. The fraction of sp³-hybridized carbons (Fsp3) is 0.421. The van der Waals surface area contributed by atoms with Crippen molar-refractivity contribution in [1.82, 2.24) is 9.55 Å². The Morgan fingerprint density at radius 2 is 1.84 bits per heavy atom. The molecule has 1 aromatic heterocycles. The number of hydrogen-bond acceptors (Lipinski definition) is 4. The average molecular weight is 344 g/mol. The summed E-state index contributed by atoms with van der Waals surface area (Å²) in [5.74, 6) is -1.05. The van der Waals surface area contributed by atoms with Gasteiger partial charge in [-0.1, -0.05) is 32.3 Å². The topological polar surface area (TPSA) is 92.2 Å². The van der Waals surface area contributed by atoms with E-state index in [0.717, 1.165) is 35.0 Å². The number of aromatic nitrogens is 2. The number of hydrogen-bond donors (Lipinski definition) is 2. The number of carbonyl (C=O) groups is 1. The van der Waals surface area contributed by atoms with Gasteiger partial charge in [-0.2, -0.15) is 0 Å². The molecule has 6 heteroatoms. The van der Waals surface area contributed by atoms with Gasteiger partial charge in [-0.05, 0) is 43.5 Å². The summed E-state index contributed by atoms with van der Waals surface area (Å²) in [7, 11) is 0. The highest BCUT2D eigenvalue weighted by Gasteiger charge is 2.21. The highest BCUT2D eigenvalue weighted by molar-refractivity contribution is 5.97. The van der Waals surface area contributed by atoms with E-state index in [2.05, 4.69) is 11.9 Å². The number of H-pyrrole nitrogens is 1. The Bertz CT molecular complexity index is 893. The molecule has 0 fully saturated rings. The maximum atomic E-state index is 12.4. The van der Waals surface area contributed by atoms with Crippen LogP contribution in [-0.4, -0.2) is 20.4 Å². The number of rotatable bonds is 7. The molecule has 0 unspecified atom stereocenters. The van der Waals surface area contributed by atoms with Crippen LogP contribution in [0.1, 0.15) is 60.5 Å². The first-order chi connectivity index (χ1) is 11.9. The number of aryl methyl sites for hydroxylation is 2. The Labute approximate surface area is 146 Å². The summed E-state index contributed by atoms with van der Waals surface area (Å²) in [6.07, 6.45) is 3.75. The zero-order chi connectivity index (χ0) is 18.6. The zero-order valence-corrected chi connectivity index (χ0v) is 14.9. The van der Waals surface area contributed by atoms with Crippen LogP contribution in [0.4, 0.5) is 0 Å². The molecule has 25 heavy (non-hydrogen) atoms. The van der Waals surface area contributed by atoms with Crippen LogP contribution in [0, 0.1) is 13.8 Å². The van der Waals surface area contributed by atoms with Gasteiger partial charge in [0.25, 0.3) is 5.56 Å². The van der Waals surface area contributed by atoms with Gasteiger partial charge >= 0.3 is 5.69 Å². The Balaban J connectivity index is 2.46. The lowest BCUT2D eigenvalue weighted by molar-refractivity contribution is 0.0973. The van der Waals surface area contributed by atoms with E-state index in [-0.39, 0.29) is 12.0 Å². The Morgan fingerprint density at radius 1 is 1.12 bits per heavy atom. The first-order valence-electron chi connectivity index (χ1n) is 8.56. The number of nitrogens with one attached hydrogen (secondary N) is 1. The molecule has 0 aliphatic heterocycles. The van der Waals surface area contributed by atoms with Crippen molar-refractivity contribution in [2.75, 3.05) is 0 Å².